The van der Waals surface area contributed by atoms with Crippen molar-refractivity contribution >= 4 is 0 Å². The molecule has 0 amide bonds. The van der Waals surface area contributed by atoms with Gasteiger partial charge < -0.3 is 9.84 Å². The monoisotopic (exact) mass is 164 g/mol. The molecule has 0 spiro atoms. The molecule has 2 nitrogen and oxygen atoms in total. The molecule has 1 aromatic carbocycles. The van der Waals surface area contributed by atoms with Crippen LogP contribution in [0.1, 0.15) is 11.1 Å². The highest BCUT2D eigenvalue weighted by Crippen LogP contribution is 2.39. The smallest absolute Gasteiger partial charge is 0.140 e. The molecule has 1 heterocycles. The first-order chi connectivity index (χ1) is 5.78. The van der Waals surface area contributed by atoms with Gasteiger partial charge in [-0.1, -0.05) is 24.3 Å². The molecule has 1 aliphatic heterocycles. The lowest BCUT2D eigenvalue weighted by Gasteiger charge is -2.10. The van der Waals surface area contributed by atoms with E-state index < -0.39 is 0 Å². The van der Waals surface area contributed by atoms with Crippen LogP contribution in [0.5, 0.6) is 0 Å². The summed E-state index contributed by atoms with van der Waals surface area (Å²) in [6.45, 7) is 2.76. The summed E-state index contributed by atoms with van der Waals surface area (Å²) in [6.07, 6.45) is 0. The molecule has 1 unspecified atom stereocenters. The van der Waals surface area contributed by atoms with Crippen molar-refractivity contribution in [2.24, 2.45) is 0 Å². The number of ether oxygens (including phenoxy) is 1. The fraction of sp³-hybridized carbons (Fsp3) is 0.400. The SMILES string of the molecule is Cc1ccccc1C1(CO)CO1. The molecule has 1 aliphatic rings. The minimum Gasteiger partial charge on any atom is -0.393 e. The third-order valence-electron chi connectivity index (χ3n) is 2.38. The summed E-state index contributed by atoms with van der Waals surface area (Å²) in [5.74, 6) is 0. The molecule has 1 N–H and O–H groups in total. The van der Waals surface area contributed by atoms with E-state index in [4.69, 9.17) is 9.84 Å². The number of aliphatic hydroxyl groups is 1. The van der Waals surface area contributed by atoms with Crippen LogP contribution < -0.4 is 0 Å². The third-order valence-corrected chi connectivity index (χ3v) is 2.38. The third kappa shape index (κ3) is 1.04. The maximum atomic E-state index is 9.11. The zero-order valence-electron chi connectivity index (χ0n) is 7.08. The van der Waals surface area contributed by atoms with Crippen LogP contribution in [-0.2, 0) is 10.3 Å². The van der Waals surface area contributed by atoms with E-state index in [0.29, 0.717) is 6.61 Å². The highest BCUT2D eigenvalue weighted by atomic mass is 16.6. The minimum absolute atomic E-state index is 0.0812. The highest BCUT2D eigenvalue weighted by molar-refractivity contribution is 5.34. The number of epoxide rings is 1. The van der Waals surface area contributed by atoms with Gasteiger partial charge >= 0.3 is 0 Å². The summed E-state index contributed by atoms with van der Waals surface area (Å²) in [5, 5.41) is 9.11. The Morgan fingerprint density at radius 3 is 2.67 bits per heavy atom. The Labute approximate surface area is 71.8 Å². The van der Waals surface area contributed by atoms with Gasteiger partial charge in [0.05, 0.1) is 13.2 Å². The van der Waals surface area contributed by atoms with Crippen molar-refractivity contribution in [2.75, 3.05) is 13.2 Å². The predicted octanol–water partition coefficient (Wildman–Crippen LogP) is 1.21. The molecule has 2 rings (SSSR count). The van der Waals surface area contributed by atoms with Gasteiger partial charge in [-0.15, -0.1) is 0 Å². The molecule has 12 heavy (non-hydrogen) atoms. The van der Waals surface area contributed by atoms with E-state index >= 15 is 0 Å². The summed E-state index contributed by atoms with van der Waals surface area (Å²) in [7, 11) is 0. The van der Waals surface area contributed by atoms with E-state index in [1.807, 2.05) is 31.2 Å². The second-order valence-corrected chi connectivity index (χ2v) is 3.26. The molecule has 0 bridgehead atoms. The molecular formula is C10H12O2. The lowest BCUT2D eigenvalue weighted by atomic mass is 9.96. The van der Waals surface area contributed by atoms with Crippen molar-refractivity contribution in [2.45, 2.75) is 12.5 Å². The maximum absolute atomic E-state index is 9.11. The van der Waals surface area contributed by atoms with Crippen molar-refractivity contribution in [3.05, 3.63) is 35.4 Å². The first kappa shape index (κ1) is 7.77. The first-order valence-electron chi connectivity index (χ1n) is 4.09. The molecule has 1 atom stereocenters. The van der Waals surface area contributed by atoms with Crippen LogP contribution in [-0.4, -0.2) is 18.3 Å². The zero-order chi connectivity index (χ0) is 8.60. The van der Waals surface area contributed by atoms with Crippen molar-refractivity contribution in [1.29, 1.82) is 0 Å². The Morgan fingerprint density at radius 1 is 1.50 bits per heavy atom. The summed E-state index contributed by atoms with van der Waals surface area (Å²) in [6, 6.07) is 8.01. The lowest BCUT2D eigenvalue weighted by Crippen LogP contribution is -2.15. The van der Waals surface area contributed by atoms with E-state index in [2.05, 4.69) is 0 Å². The van der Waals surface area contributed by atoms with E-state index in [-0.39, 0.29) is 12.2 Å². The van der Waals surface area contributed by atoms with Crippen LogP contribution in [0.2, 0.25) is 0 Å². The minimum atomic E-state index is -0.370. The Morgan fingerprint density at radius 2 is 2.17 bits per heavy atom. The Balaban J connectivity index is 2.40. The van der Waals surface area contributed by atoms with Gasteiger partial charge in [-0.25, -0.2) is 0 Å². The average molecular weight is 164 g/mol. The number of hydrogen-bond donors (Lipinski definition) is 1. The molecule has 0 saturated carbocycles. The van der Waals surface area contributed by atoms with Crippen LogP contribution in [0.3, 0.4) is 0 Å². The maximum Gasteiger partial charge on any atom is 0.140 e. The van der Waals surface area contributed by atoms with Gasteiger partial charge in [-0.05, 0) is 18.1 Å². The molecule has 0 radical (unpaired) electrons. The van der Waals surface area contributed by atoms with Gasteiger partial charge in [-0.3, -0.25) is 0 Å². The molecule has 1 aromatic rings. The first-order valence-corrected chi connectivity index (χ1v) is 4.09. The van der Waals surface area contributed by atoms with Crippen molar-refractivity contribution in [1.82, 2.24) is 0 Å². The van der Waals surface area contributed by atoms with Crippen LogP contribution in [0, 0.1) is 6.92 Å². The second-order valence-electron chi connectivity index (χ2n) is 3.26. The highest BCUT2D eigenvalue weighted by Gasteiger charge is 2.46. The average Bonchev–Trinajstić information content (AvgIpc) is 2.86. The van der Waals surface area contributed by atoms with Crippen LogP contribution >= 0.6 is 0 Å². The summed E-state index contributed by atoms with van der Waals surface area (Å²) in [5.41, 5.74) is 1.93. The summed E-state index contributed by atoms with van der Waals surface area (Å²) < 4.78 is 5.26. The number of benzene rings is 1. The quantitative estimate of drug-likeness (QED) is 0.666. The largest absolute Gasteiger partial charge is 0.393 e. The molecule has 1 saturated heterocycles. The Kier molecular flexibility index (Phi) is 1.67. The van der Waals surface area contributed by atoms with Gasteiger partial charge in [0, 0.05) is 0 Å². The van der Waals surface area contributed by atoms with Gasteiger partial charge in [0.15, 0.2) is 0 Å². The van der Waals surface area contributed by atoms with E-state index in [1.54, 1.807) is 0 Å². The normalized spacial score (nSPS) is 27.2. The molecule has 0 aromatic heterocycles. The molecule has 0 aliphatic carbocycles. The van der Waals surface area contributed by atoms with E-state index in [9.17, 15) is 0 Å². The molecular weight excluding hydrogens is 152 g/mol. The van der Waals surface area contributed by atoms with Gasteiger partial charge in [0.25, 0.3) is 0 Å². The van der Waals surface area contributed by atoms with E-state index in [0.717, 1.165) is 5.56 Å². The van der Waals surface area contributed by atoms with Crippen LogP contribution in [0.15, 0.2) is 24.3 Å². The Bertz CT molecular complexity index is 290. The number of hydrogen-bond acceptors (Lipinski definition) is 2. The molecule has 2 heteroatoms. The van der Waals surface area contributed by atoms with Gasteiger partial charge in [0.2, 0.25) is 0 Å². The fourth-order valence-electron chi connectivity index (χ4n) is 1.50. The predicted molar refractivity (Wildman–Crippen MR) is 45.9 cm³/mol. The topological polar surface area (TPSA) is 32.8 Å². The Hall–Kier alpha value is -0.860. The van der Waals surface area contributed by atoms with Crippen LogP contribution in [0.25, 0.3) is 0 Å². The summed E-state index contributed by atoms with van der Waals surface area (Å²) >= 11 is 0. The lowest BCUT2D eigenvalue weighted by molar-refractivity contribution is 0.172. The van der Waals surface area contributed by atoms with E-state index in [1.165, 1.54) is 5.56 Å². The second kappa shape index (κ2) is 2.57. The number of aryl methyl sites for hydroxylation is 1. The van der Waals surface area contributed by atoms with Gasteiger partial charge in [0.1, 0.15) is 5.60 Å². The van der Waals surface area contributed by atoms with Crippen molar-refractivity contribution in [3.8, 4) is 0 Å². The molecule has 1 fully saturated rings. The standard InChI is InChI=1S/C10H12O2/c1-8-4-2-3-5-9(8)10(6-11)7-12-10/h2-5,11H,6-7H2,1H3. The zero-order valence-corrected chi connectivity index (χ0v) is 7.08. The summed E-state index contributed by atoms with van der Waals surface area (Å²) in [4.78, 5) is 0. The van der Waals surface area contributed by atoms with Crippen molar-refractivity contribution in [3.63, 3.8) is 0 Å². The fourth-order valence-corrected chi connectivity index (χ4v) is 1.50. The number of aliphatic hydroxyl groups excluding tert-OH is 1. The number of rotatable bonds is 2. The van der Waals surface area contributed by atoms with Gasteiger partial charge in [-0.2, -0.15) is 0 Å². The van der Waals surface area contributed by atoms with Crippen LogP contribution in [0.4, 0.5) is 0 Å². The van der Waals surface area contributed by atoms with Crippen molar-refractivity contribution < 1.29 is 9.84 Å². The molecule has 64 valence electrons.